The molecular formula is C10H15NO5S2. The van der Waals surface area contributed by atoms with Crippen molar-refractivity contribution in [2.24, 2.45) is 0 Å². The van der Waals surface area contributed by atoms with Gasteiger partial charge in [-0.05, 0) is 24.6 Å². The number of hydrogen-bond donors (Lipinski definition) is 2. The van der Waals surface area contributed by atoms with E-state index in [2.05, 4.69) is 4.72 Å². The number of rotatable bonds is 5. The van der Waals surface area contributed by atoms with Gasteiger partial charge in [0.2, 0.25) is 10.0 Å². The highest BCUT2D eigenvalue weighted by Crippen LogP contribution is 2.18. The molecule has 0 bridgehead atoms. The van der Waals surface area contributed by atoms with Crippen molar-refractivity contribution in [3.8, 4) is 0 Å². The van der Waals surface area contributed by atoms with Crippen LogP contribution in [0.25, 0.3) is 0 Å². The zero-order valence-corrected chi connectivity index (χ0v) is 11.6. The molecule has 18 heavy (non-hydrogen) atoms. The van der Waals surface area contributed by atoms with Gasteiger partial charge in [0.25, 0.3) is 0 Å². The molecule has 0 aliphatic heterocycles. The predicted octanol–water partition coefficient (Wildman–Crippen LogP) is 0.484. The molecule has 0 heterocycles. The lowest BCUT2D eigenvalue weighted by Gasteiger charge is -2.10. The Bertz CT molecular complexity index is 619. The molecule has 0 amide bonds. The molecule has 0 fully saturated rings. The normalized spacial score (nSPS) is 14.2. The van der Waals surface area contributed by atoms with Crippen molar-refractivity contribution in [2.45, 2.75) is 13.0 Å². The molecule has 1 unspecified atom stereocenters. The lowest BCUT2D eigenvalue weighted by Crippen LogP contribution is -2.22. The van der Waals surface area contributed by atoms with Gasteiger partial charge in [0.1, 0.15) is 0 Å². The summed E-state index contributed by atoms with van der Waals surface area (Å²) in [7, 11) is -7.58. The Morgan fingerprint density at radius 1 is 1.28 bits per heavy atom. The highest BCUT2D eigenvalue weighted by Gasteiger charge is 2.18. The predicted molar refractivity (Wildman–Crippen MR) is 69.3 cm³/mol. The van der Waals surface area contributed by atoms with Crippen LogP contribution in [0, 0.1) is 0 Å². The second kappa shape index (κ2) is 5.25. The van der Waals surface area contributed by atoms with Crippen molar-refractivity contribution in [2.75, 3.05) is 16.1 Å². The fraction of sp³-hybridized carbons (Fsp3) is 0.400. The number of aliphatic hydroxyl groups excluding tert-OH is 1. The molecule has 0 aliphatic carbocycles. The molecule has 0 saturated carbocycles. The van der Waals surface area contributed by atoms with Gasteiger partial charge in [-0.3, -0.25) is 4.72 Å². The van der Waals surface area contributed by atoms with Crippen molar-refractivity contribution in [3.63, 3.8) is 0 Å². The van der Waals surface area contributed by atoms with Crippen molar-refractivity contribution >= 4 is 25.5 Å². The molecule has 0 radical (unpaired) electrons. The van der Waals surface area contributed by atoms with E-state index in [1.807, 2.05) is 0 Å². The number of hydrogen-bond acceptors (Lipinski definition) is 5. The van der Waals surface area contributed by atoms with E-state index in [1.54, 1.807) is 19.1 Å². The lowest BCUT2D eigenvalue weighted by atomic mass is 10.1. The van der Waals surface area contributed by atoms with Crippen molar-refractivity contribution in [3.05, 3.63) is 29.8 Å². The molecule has 1 aromatic carbocycles. The number of aliphatic hydroxyl groups is 1. The molecule has 8 heteroatoms. The summed E-state index contributed by atoms with van der Waals surface area (Å²) in [4.78, 5) is 0. The molecule has 102 valence electrons. The Morgan fingerprint density at radius 2 is 1.89 bits per heavy atom. The zero-order chi connectivity index (χ0) is 14.0. The van der Waals surface area contributed by atoms with Crippen LogP contribution in [0.3, 0.4) is 0 Å². The van der Waals surface area contributed by atoms with E-state index >= 15 is 0 Å². The standard InChI is InChI=1S/C10H15NO5S2/c1-8(12)9-4-3-5-10(6-9)11-18(15,16)7-17(2,13)14/h3-6,8,11-12H,7H2,1-2H3. The molecule has 0 spiro atoms. The molecule has 2 N–H and O–H groups in total. The molecule has 6 nitrogen and oxygen atoms in total. The van der Waals surface area contributed by atoms with Gasteiger partial charge in [-0.15, -0.1) is 0 Å². The first-order valence-corrected chi connectivity index (χ1v) is 8.76. The summed E-state index contributed by atoms with van der Waals surface area (Å²) in [5, 5.41) is 8.39. The van der Waals surface area contributed by atoms with Crippen LogP contribution in [0.4, 0.5) is 5.69 Å². The Hall–Kier alpha value is -1.12. The lowest BCUT2D eigenvalue weighted by molar-refractivity contribution is 0.199. The Balaban J connectivity index is 2.95. The number of sulfone groups is 1. The Morgan fingerprint density at radius 3 is 2.39 bits per heavy atom. The van der Waals surface area contributed by atoms with Gasteiger partial charge in [0.15, 0.2) is 14.9 Å². The number of nitrogens with one attached hydrogen (secondary N) is 1. The van der Waals surface area contributed by atoms with Crippen LogP contribution < -0.4 is 4.72 Å². The zero-order valence-electron chi connectivity index (χ0n) is 9.99. The van der Waals surface area contributed by atoms with Gasteiger partial charge in [-0.25, -0.2) is 16.8 Å². The summed E-state index contributed by atoms with van der Waals surface area (Å²) in [5.41, 5.74) is 0.756. The van der Waals surface area contributed by atoms with Crippen LogP contribution in [0.2, 0.25) is 0 Å². The average Bonchev–Trinajstić information content (AvgIpc) is 2.12. The minimum Gasteiger partial charge on any atom is -0.389 e. The van der Waals surface area contributed by atoms with Gasteiger partial charge >= 0.3 is 0 Å². The maximum absolute atomic E-state index is 11.5. The minimum absolute atomic E-state index is 0.219. The van der Waals surface area contributed by atoms with Gasteiger partial charge < -0.3 is 5.11 Å². The third-order valence-corrected chi connectivity index (χ3v) is 5.51. The van der Waals surface area contributed by atoms with Crippen molar-refractivity contribution in [1.82, 2.24) is 0 Å². The summed E-state index contributed by atoms with van der Waals surface area (Å²) >= 11 is 0. The summed E-state index contributed by atoms with van der Waals surface area (Å²) in [6.07, 6.45) is 0.114. The second-order valence-electron chi connectivity index (χ2n) is 4.06. The van der Waals surface area contributed by atoms with Crippen molar-refractivity contribution < 1.29 is 21.9 Å². The SMILES string of the molecule is CC(O)c1cccc(NS(=O)(=O)CS(C)(=O)=O)c1. The number of benzene rings is 1. The van der Waals surface area contributed by atoms with Gasteiger partial charge in [-0.2, -0.15) is 0 Å². The Kier molecular flexibility index (Phi) is 4.36. The van der Waals surface area contributed by atoms with Crippen LogP contribution in [0.1, 0.15) is 18.6 Å². The van der Waals surface area contributed by atoms with E-state index in [1.165, 1.54) is 12.1 Å². The fourth-order valence-corrected chi connectivity index (χ4v) is 4.33. The van der Waals surface area contributed by atoms with E-state index < -0.39 is 31.0 Å². The van der Waals surface area contributed by atoms with Crippen molar-refractivity contribution in [1.29, 1.82) is 0 Å². The van der Waals surface area contributed by atoms with Crippen LogP contribution >= 0.6 is 0 Å². The Labute approximate surface area is 107 Å². The fourth-order valence-electron chi connectivity index (χ4n) is 1.35. The van der Waals surface area contributed by atoms with Gasteiger partial charge in [0, 0.05) is 11.9 Å². The third kappa shape index (κ3) is 5.03. The third-order valence-electron chi connectivity index (χ3n) is 2.01. The number of sulfonamides is 1. The monoisotopic (exact) mass is 293 g/mol. The summed E-state index contributed by atoms with van der Waals surface area (Å²) in [5.74, 6) is 0. The first-order chi connectivity index (χ1) is 8.09. The molecule has 1 atom stereocenters. The topological polar surface area (TPSA) is 101 Å². The van der Waals surface area contributed by atoms with Gasteiger partial charge in [0.05, 0.1) is 6.10 Å². The molecule has 0 saturated heterocycles. The minimum atomic E-state index is -3.95. The van der Waals surface area contributed by atoms with E-state index in [0.29, 0.717) is 5.56 Å². The maximum Gasteiger partial charge on any atom is 0.247 e. The highest BCUT2D eigenvalue weighted by molar-refractivity contribution is 8.08. The summed E-state index contributed by atoms with van der Waals surface area (Å²) in [6, 6.07) is 6.13. The average molecular weight is 293 g/mol. The molecular weight excluding hydrogens is 278 g/mol. The highest BCUT2D eigenvalue weighted by atomic mass is 32.3. The largest absolute Gasteiger partial charge is 0.389 e. The van der Waals surface area contributed by atoms with Crippen LogP contribution in [0.15, 0.2) is 24.3 Å². The number of anilines is 1. The van der Waals surface area contributed by atoms with E-state index in [0.717, 1.165) is 6.26 Å². The van der Waals surface area contributed by atoms with E-state index in [-0.39, 0.29) is 5.69 Å². The first-order valence-electron chi connectivity index (χ1n) is 5.05. The quantitative estimate of drug-likeness (QED) is 0.822. The first kappa shape index (κ1) is 14.9. The molecule has 0 aromatic heterocycles. The molecule has 1 rings (SSSR count). The van der Waals surface area contributed by atoms with Crippen LogP contribution in [-0.2, 0) is 19.9 Å². The maximum atomic E-state index is 11.5. The molecule has 1 aromatic rings. The summed E-state index contributed by atoms with van der Waals surface area (Å²) in [6.45, 7) is 1.55. The van der Waals surface area contributed by atoms with Crippen LogP contribution in [0.5, 0.6) is 0 Å². The molecule has 0 aliphatic rings. The second-order valence-corrected chi connectivity index (χ2v) is 8.29. The van der Waals surface area contributed by atoms with E-state index in [4.69, 9.17) is 0 Å². The van der Waals surface area contributed by atoms with E-state index in [9.17, 15) is 21.9 Å². The van der Waals surface area contributed by atoms with Gasteiger partial charge in [-0.1, -0.05) is 12.1 Å². The van der Waals surface area contributed by atoms with Crippen LogP contribution in [-0.4, -0.2) is 33.3 Å². The summed E-state index contributed by atoms with van der Waals surface area (Å²) < 4.78 is 47.1. The smallest absolute Gasteiger partial charge is 0.247 e.